The number of nitrogens with two attached hydrogens (primary N) is 1. The fraction of sp³-hybridized carbons (Fsp3) is 0.263. The Bertz CT molecular complexity index is 1050. The van der Waals surface area contributed by atoms with Gasteiger partial charge in [-0.3, -0.25) is 4.79 Å². The van der Waals surface area contributed by atoms with Crippen molar-refractivity contribution in [1.29, 1.82) is 0 Å². The Hall–Kier alpha value is -2.69. The van der Waals surface area contributed by atoms with E-state index in [4.69, 9.17) is 10.5 Å². The molecule has 0 radical (unpaired) electrons. The lowest BCUT2D eigenvalue weighted by Crippen LogP contribution is -2.40. The monoisotopic (exact) mass is 428 g/mol. The van der Waals surface area contributed by atoms with E-state index in [2.05, 4.69) is 0 Å². The molecule has 3 rings (SSSR count). The average molecular weight is 428 g/mol. The number of alkyl halides is 3. The molecule has 3 aromatic rings. The Morgan fingerprint density at radius 2 is 1.97 bits per heavy atom. The summed E-state index contributed by atoms with van der Waals surface area (Å²) < 4.78 is 47.1. The zero-order valence-corrected chi connectivity index (χ0v) is 16.3. The molecular formula is C19H19F3N2O4S. The Morgan fingerprint density at radius 1 is 1.28 bits per heavy atom. The van der Waals surface area contributed by atoms with Gasteiger partial charge in [-0.1, -0.05) is 24.3 Å². The number of rotatable bonds is 5. The van der Waals surface area contributed by atoms with E-state index in [1.165, 1.54) is 42.1 Å². The van der Waals surface area contributed by atoms with Gasteiger partial charge in [-0.15, -0.1) is 0 Å². The third-order valence-corrected chi connectivity index (χ3v) is 5.43. The van der Waals surface area contributed by atoms with Gasteiger partial charge in [0.1, 0.15) is 18.4 Å². The van der Waals surface area contributed by atoms with Crippen molar-refractivity contribution in [2.75, 3.05) is 7.11 Å². The van der Waals surface area contributed by atoms with E-state index in [9.17, 15) is 23.1 Å². The van der Waals surface area contributed by atoms with Crippen LogP contribution in [0.25, 0.3) is 10.8 Å². The number of aromatic hydroxyl groups is 1. The molecule has 1 aromatic heterocycles. The van der Waals surface area contributed by atoms with Gasteiger partial charge in [-0.05, 0) is 40.2 Å². The van der Waals surface area contributed by atoms with Crippen LogP contribution in [0.5, 0.6) is 10.8 Å². The molecule has 156 valence electrons. The number of thiazole rings is 1. The van der Waals surface area contributed by atoms with E-state index < -0.39 is 23.6 Å². The zero-order valence-electron chi connectivity index (χ0n) is 15.5. The third kappa shape index (κ3) is 4.34. The number of ketones is 1. The van der Waals surface area contributed by atoms with Gasteiger partial charge in [0.15, 0.2) is 0 Å². The summed E-state index contributed by atoms with van der Waals surface area (Å²) in [5, 5.41) is 10.1. The first-order valence-corrected chi connectivity index (χ1v) is 9.09. The number of hydrogen-bond donors (Lipinski definition) is 2. The second-order valence-electron chi connectivity index (χ2n) is 6.31. The summed E-state index contributed by atoms with van der Waals surface area (Å²) in [5.74, 6) is -0.659. The Balaban J connectivity index is 0.00000300. The molecule has 4 N–H and O–H groups in total. The summed E-state index contributed by atoms with van der Waals surface area (Å²) in [6.45, 7) is 0. The minimum Gasteiger partial charge on any atom is -0.870 e. The average Bonchev–Trinajstić information content (AvgIpc) is 2.97. The Kier molecular flexibility index (Phi) is 6.51. The molecule has 1 heterocycles. The van der Waals surface area contributed by atoms with Crippen molar-refractivity contribution in [2.24, 2.45) is 12.8 Å². The number of nitrogens with zero attached hydrogens (tertiary/aromatic N) is 1. The van der Waals surface area contributed by atoms with Crippen LogP contribution in [0.3, 0.4) is 0 Å². The largest absolute Gasteiger partial charge is 0.870 e. The second kappa shape index (κ2) is 8.36. The second-order valence-corrected chi connectivity index (χ2v) is 7.32. The summed E-state index contributed by atoms with van der Waals surface area (Å²) in [7, 11) is 2.79. The molecule has 1 unspecified atom stereocenters. The third-order valence-electron chi connectivity index (χ3n) is 4.43. The molecule has 6 nitrogen and oxygen atoms in total. The van der Waals surface area contributed by atoms with Gasteiger partial charge in [0, 0.05) is 0 Å². The molecule has 10 heteroatoms. The van der Waals surface area contributed by atoms with Gasteiger partial charge in [0.25, 0.3) is 5.78 Å². The highest BCUT2D eigenvalue weighted by molar-refractivity contribution is 7.14. The lowest BCUT2D eigenvalue weighted by Gasteiger charge is -2.17. The minimum absolute atomic E-state index is 0. The number of halogens is 3. The number of methoxy groups -OCH3 is 1. The van der Waals surface area contributed by atoms with Crippen LogP contribution >= 0.6 is 11.3 Å². The van der Waals surface area contributed by atoms with Crippen molar-refractivity contribution < 1.29 is 37.9 Å². The summed E-state index contributed by atoms with van der Waals surface area (Å²) in [6, 6.07) is 6.35. The Labute approximate surface area is 168 Å². The molecule has 0 aliphatic carbocycles. The number of hydrogen-bond acceptors (Lipinski definition) is 6. The van der Waals surface area contributed by atoms with Gasteiger partial charge in [-0.2, -0.15) is 17.7 Å². The van der Waals surface area contributed by atoms with Gasteiger partial charge in [0.05, 0.1) is 13.2 Å². The number of aryl methyl sites for hydroxylation is 1. The van der Waals surface area contributed by atoms with E-state index >= 15 is 0 Å². The molecule has 2 aromatic carbocycles. The first-order valence-electron chi connectivity index (χ1n) is 8.27. The number of fused-ring (bicyclic) bond motifs is 1. The van der Waals surface area contributed by atoms with Crippen molar-refractivity contribution in [2.45, 2.75) is 18.6 Å². The maximum absolute atomic E-state index is 13.6. The predicted molar refractivity (Wildman–Crippen MR) is 101 cm³/mol. The first kappa shape index (κ1) is 22.6. The van der Waals surface area contributed by atoms with Crippen molar-refractivity contribution >= 4 is 27.9 Å². The lowest BCUT2D eigenvalue weighted by molar-refractivity contribution is -0.668. The zero-order chi connectivity index (χ0) is 20.6. The number of carbonyl (C=O) groups is 1. The molecule has 0 bridgehead atoms. The maximum atomic E-state index is 13.6. The summed E-state index contributed by atoms with van der Waals surface area (Å²) >= 11 is 0.899. The SMILES string of the molecule is COc1ccc2c(CC(N)C(=O)c3sc(O)c[n+]3C)cccc2c1C(F)(F)F.[OH-]. The normalized spacial score (nSPS) is 12.5. The topological polar surface area (TPSA) is 106 Å². The van der Waals surface area contributed by atoms with Crippen LogP contribution in [0.15, 0.2) is 36.5 Å². The molecule has 1 atom stereocenters. The smallest absolute Gasteiger partial charge is 0.420 e. The summed E-state index contributed by atoms with van der Waals surface area (Å²) in [5.41, 5.74) is 5.71. The van der Waals surface area contributed by atoms with Gasteiger partial charge in [0.2, 0.25) is 11.3 Å². The maximum Gasteiger partial charge on any atom is 0.420 e. The van der Waals surface area contributed by atoms with E-state index in [-0.39, 0.29) is 33.1 Å². The number of aromatic nitrogens is 1. The van der Waals surface area contributed by atoms with Crippen LogP contribution in [-0.4, -0.2) is 29.5 Å². The number of carbonyl (C=O) groups excluding carboxylic acids is 1. The summed E-state index contributed by atoms with van der Waals surface area (Å²) in [4.78, 5) is 12.6. The summed E-state index contributed by atoms with van der Waals surface area (Å²) in [6.07, 6.45) is -3.15. The quantitative estimate of drug-likeness (QED) is 0.480. The molecule has 0 fully saturated rings. The van der Waals surface area contributed by atoms with Crippen LogP contribution in [0.1, 0.15) is 20.9 Å². The van der Waals surface area contributed by atoms with Crippen LogP contribution in [0.2, 0.25) is 0 Å². The van der Waals surface area contributed by atoms with Crippen molar-refractivity contribution in [3.63, 3.8) is 0 Å². The van der Waals surface area contributed by atoms with E-state index in [0.29, 0.717) is 10.9 Å². The van der Waals surface area contributed by atoms with Gasteiger partial charge < -0.3 is 21.1 Å². The Morgan fingerprint density at radius 3 is 2.52 bits per heavy atom. The predicted octanol–water partition coefficient (Wildman–Crippen LogP) is 3.03. The standard InChI is InChI=1S/C19H17F3N2O3S.H2O/c1-24-9-15(25)28-18(24)17(26)13(23)8-10-4-3-5-12-11(10)6-7-14(27-2)16(12)19(20,21)22;/h3-7,9,13H,8,23H2,1-2H3;1H2. The van der Waals surface area contributed by atoms with Crippen molar-refractivity contribution in [1.82, 2.24) is 0 Å². The molecule has 0 aliphatic heterocycles. The van der Waals surface area contributed by atoms with Crippen molar-refractivity contribution in [3.05, 3.63) is 52.7 Å². The highest BCUT2D eigenvalue weighted by Crippen LogP contribution is 2.42. The minimum atomic E-state index is -4.59. The molecule has 0 aliphatic rings. The number of benzene rings is 2. The molecular weight excluding hydrogens is 409 g/mol. The highest BCUT2D eigenvalue weighted by Gasteiger charge is 2.37. The fourth-order valence-electron chi connectivity index (χ4n) is 3.18. The number of Topliss-reactive ketones (excluding diaryl/α,β-unsaturated/α-hetero) is 1. The van der Waals surface area contributed by atoms with Gasteiger partial charge >= 0.3 is 11.2 Å². The van der Waals surface area contributed by atoms with Crippen molar-refractivity contribution in [3.8, 4) is 10.8 Å². The van der Waals surface area contributed by atoms with Crippen LogP contribution in [-0.2, 0) is 19.6 Å². The van der Waals surface area contributed by atoms with Crippen LogP contribution in [0.4, 0.5) is 13.2 Å². The van der Waals surface area contributed by atoms with Crippen LogP contribution < -0.4 is 15.0 Å². The van der Waals surface area contributed by atoms with Gasteiger partial charge in [-0.25, -0.2) is 0 Å². The molecule has 0 saturated carbocycles. The van der Waals surface area contributed by atoms with E-state index in [1.54, 1.807) is 13.1 Å². The number of ether oxygens (including phenoxy) is 1. The fourth-order valence-corrected chi connectivity index (χ4v) is 4.04. The molecule has 0 spiro atoms. The highest BCUT2D eigenvalue weighted by atomic mass is 32.1. The lowest BCUT2D eigenvalue weighted by atomic mass is 9.94. The van der Waals surface area contributed by atoms with Crippen LogP contribution in [0, 0.1) is 0 Å². The molecule has 29 heavy (non-hydrogen) atoms. The molecule has 0 saturated heterocycles. The first-order chi connectivity index (χ1) is 13.1. The van der Waals surface area contributed by atoms with E-state index in [0.717, 1.165) is 11.3 Å². The van der Waals surface area contributed by atoms with E-state index in [1.807, 2.05) is 0 Å². The molecule has 0 amide bonds.